The summed E-state index contributed by atoms with van der Waals surface area (Å²) in [4.78, 5) is 35.2. The average molecular weight is 389 g/mol. The molecule has 0 aliphatic carbocycles. The molecule has 1 heterocycles. The van der Waals surface area contributed by atoms with Crippen LogP contribution >= 0.6 is 0 Å². The number of aromatic nitrogens is 2. The molecular weight excluding hydrogens is 374 g/mol. The molecule has 0 saturated carbocycles. The van der Waals surface area contributed by atoms with E-state index in [1.165, 1.54) is 35.1 Å². The molecule has 144 valence electrons. The Balaban J connectivity index is 1.80. The number of nitrogens with one attached hydrogen (secondary N) is 2. The molecule has 29 heavy (non-hydrogen) atoms. The van der Waals surface area contributed by atoms with Gasteiger partial charge in [-0.2, -0.15) is 5.10 Å². The van der Waals surface area contributed by atoms with Crippen LogP contribution in [-0.4, -0.2) is 33.1 Å². The van der Waals surface area contributed by atoms with Gasteiger partial charge in [-0.15, -0.1) is 6.42 Å². The minimum absolute atomic E-state index is 0.0642. The van der Waals surface area contributed by atoms with Crippen LogP contribution in [0.2, 0.25) is 0 Å². The summed E-state index contributed by atoms with van der Waals surface area (Å²) in [7, 11) is 0. The Morgan fingerprint density at radius 1 is 1.14 bits per heavy atom. The van der Waals surface area contributed by atoms with Crippen molar-refractivity contribution in [2.75, 3.05) is 11.9 Å². The van der Waals surface area contributed by atoms with Crippen LogP contribution in [0.5, 0.6) is 0 Å². The number of nitrogens with zero attached hydrogens (tertiary/aromatic N) is 3. The van der Waals surface area contributed by atoms with Gasteiger partial charge in [-0.05, 0) is 24.3 Å². The van der Waals surface area contributed by atoms with Gasteiger partial charge in [0.05, 0.1) is 28.4 Å². The summed E-state index contributed by atoms with van der Waals surface area (Å²) in [5.41, 5.74) is 0.990. The van der Waals surface area contributed by atoms with E-state index in [1.807, 2.05) is 0 Å². The first-order valence-electron chi connectivity index (χ1n) is 8.42. The molecule has 0 spiro atoms. The lowest BCUT2D eigenvalue weighted by atomic mass is 10.1. The van der Waals surface area contributed by atoms with Gasteiger partial charge in [0.2, 0.25) is 0 Å². The maximum Gasteiger partial charge on any atom is 0.276 e. The fourth-order valence-electron chi connectivity index (χ4n) is 2.54. The van der Waals surface area contributed by atoms with Crippen LogP contribution in [-0.2, 0) is 0 Å². The topological polar surface area (TPSA) is 119 Å². The molecule has 3 rings (SSSR count). The van der Waals surface area contributed by atoms with Gasteiger partial charge in [0.1, 0.15) is 0 Å². The first-order valence-corrected chi connectivity index (χ1v) is 8.42. The molecule has 0 saturated heterocycles. The number of hydrogen-bond acceptors (Lipinski definition) is 5. The van der Waals surface area contributed by atoms with E-state index in [4.69, 9.17) is 6.42 Å². The molecule has 2 aromatic carbocycles. The minimum Gasteiger partial charge on any atom is -0.341 e. The van der Waals surface area contributed by atoms with E-state index in [0.29, 0.717) is 11.4 Å². The minimum atomic E-state index is -0.536. The Morgan fingerprint density at radius 2 is 1.93 bits per heavy atom. The van der Waals surface area contributed by atoms with Gasteiger partial charge < -0.3 is 10.6 Å². The average Bonchev–Trinajstić information content (AvgIpc) is 3.23. The third-order valence-corrected chi connectivity index (χ3v) is 3.90. The maximum atomic E-state index is 12.6. The van der Waals surface area contributed by atoms with Gasteiger partial charge in [0.25, 0.3) is 17.5 Å². The first kappa shape index (κ1) is 19.3. The number of amides is 2. The Bertz CT molecular complexity index is 1130. The van der Waals surface area contributed by atoms with E-state index in [2.05, 4.69) is 21.7 Å². The molecular formula is C20H15N5O4. The van der Waals surface area contributed by atoms with E-state index in [-0.39, 0.29) is 23.5 Å². The Morgan fingerprint density at radius 3 is 2.69 bits per heavy atom. The number of anilines is 1. The van der Waals surface area contributed by atoms with E-state index in [0.717, 1.165) is 0 Å². The summed E-state index contributed by atoms with van der Waals surface area (Å²) in [6.07, 6.45) is 6.66. The van der Waals surface area contributed by atoms with Crippen LogP contribution in [0.1, 0.15) is 20.8 Å². The number of nitro benzene ring substituents is 1. The molecule has 0 atom stereocenters. The summed E-state index contributed by atoms with van der Waals surface area (Å²) in [6, 6.07) is 13.8. The highest BCUT2D eigenvalue weighted by Crippen LogP contribution is 2.18. The number of carbonyl (C=O) groups excluding carboxylic acids is 2. The SMILES string of the molecule is C#CCNC(=O)c1ccccc1NC(=O)c1ccn(-c2cccc([N+](=O)[O-])c2)n1. The predicted molar refractivity (Wildman–Crippen MR) is 106 cm³/mol. The van der Waals surface area contributed by atoms with Crippen molar-refractivity contribution in [1.82, 2.24) is 15.1 Å². The van der Waals surface area contributed by atoms with Crippen LogP contribution in [0.25, 0.3) is 5.69 Å². The van der Waals surface area contributed by atoms with Crippen molar-refractivity contribution in [3.63, 3.8) is 0 Å². The van der Waals surface area contributed by atoms with E-state index < -0.39 is 16.7 Å². The van der Waals surface area contributed by atoms with Crippen molar-refractivity contribution in [1.29, 1.82) is 0 Å². The van der Waals surface area contributed by atoms with Gasteiger partial charge in [-0.1, -0.05) is 24.1 Å². The third-order valence-electron chi connectivity index (χ3n) is 3.90. The van der Waals surface area contributed by atoms with Crippen LogP contribution < -0.4 is 10.6 Å². The first-order chi connectivity index (χ1) is 14.0. The van der Waals surface area contributed by atoms with Gasteiger partial charge in [0.15, 0.2) is 5.69 Å². The molecule has 0 aliphatic rings. The van der Waals surface area contributed by atoms with Gasteiger partial charge in [-0.25, -0.2) is 4.68 Å². The van der Waals surface area contributed by atoms with Crippen molar-refractivity contribution in [3.05, 3.63) is 82.2 Å². The van der Waals surface area contributed by atoms with Crippen molar-refractivity contribution in [2.24, 2.45) is 0 Å². The molecule has 0 bridgehead atoms. The highest BCUT2D eigenvalue weighted by Gasteiger charge is 2.16. The molecule has 0 radical (unpaired) electrons. The summed E-state index contributed by atoms with van der Waals surface area (Å²) in [6.45, 7) is 0.0642. The summed E-state index contributed by atoms with van der Waals surface area (Å²) in [5.74, 6) is 1.36. The van der Waals surface area contributed by atoms with E-state index in [9.17, 15) is 19.7 Å². The van der Waals surface area contributed by atoms with E-state index >= 15 is 0 Å². The summed E-state index contributed by atoms with van der Waals surface area (Å²) >= 11 is 0. The van der Waals surface area contributed by atoms with Crippen molar-refractivity contribution >= 4 is 23.2 Å². The molecule has 0 unspecified atom stereocenters. The third kappa shape index (κ3) is 4.45. The highest BCUT2D eigenvalue weighted by molar-refractivity contribution is 6.08. The Hall–Kier alpha value is -4.45. The number of nitro groups is 1. The van der Waals surface area contributed by atoms with Crippen molar-refractivity contribution in [2.45, 2.75) is 0 Å². The van der Waals surface area contributed by atoms with E-state index in [1.54, 1.807) is 30.3 Å². The Labute approximate surface area is 165 Å². The number of para-hydroxylation sites is 1. The lowest BCUT2D eigenvalue weighted by Crippen LogP contribution is -2.25. The molecule has 0 aliphatic heterocycles. The smallest absolute Gasteiger partial charge is 0.276 e. The predicted octanol–water partition coefficient (Wildman–Crippen LogP) is 2.40. The lowest BCUT2D eigenvalue weighted by Gasteiger charge is -2.09. The second-order valence-corrected chi connectivity index (χ2v) is 5.81. The van der Waals surface area contributed by atoms with Crippen molar-refractivity contribution in [3.8, 4) is 18.0 Å². The number of carbonyl (C=O) groups is 2. The summed E-state index contributed by atoms with van der Waals surface area (Å²) in [5, 5.41) is 20.3. The van der Waals surface area contributed by atoms with Crippen LogP contribution in [0, 0.1) is 22.5 Å². The zero-order valence-corrected chi connectivity index (χ0v) is 15.0. The number of non-ortho nitro benzene ring substituents is 1. The van der Waals surface area contributed by atoms with Gasteiger partial charge in [0, 0.05) is 18.3 Å². The normalized spacial score (nSPS) is 10.0. The van der Waals surface area contributed by atoms with Crippen LogP contribution in [0.4, 0.5) is 11.4 Å². The molecule has 2 N–H and O–H groups in total. The quantitative estimate of drug-likeness (QED) is 0.381. The largest absolute Gasteiger partial charge is 0.341 e. The maximum absolute atomic E-state index is 12.6. The molecule has 1 aromatic heterocycles. The monoisotopic (exact) mass is 389 g/mol. The number of benzene rings is 2. The Kier molecular flexibility index (Phi) is 5.66. The fourth-order valence-corrected chi connectivity index (χ4v) is 2.54. The molecule has 9 heteroatoms. The highest BCUT2D eigenvalue weighted by atomic mass is 16.6. The van der Waals surface area contributed by atoms with Gasteiger partial charge >= 0.3 is 0 Å². The summed E-state index contributed by atoms with van der Waals surface area (Å²) < 4.78 is 1.35. The molecule has 0 fully saturated rings. The van der Waals surface area contributed by atoms with Crippen molar-refractivity contribution < 1.29 is 14.5 Å². The zero-order valence-electron chi connectivity index (χ0n) is 15.0. The number of hydrogen-bond donors (Lipinski definition) is 2. The standard InChI is InChI=1S/C20H15N5O4/c1-2-11-21-19(26)16-8-3-4-9-17(16)22-20(27)18-10-12-24(23-18)14-6-5-7-15(13-14)25(28)29/h1,3-10,12-13H,11H2,(H,21,26)(H,22,27). The fraction of sp³-hybridized carbons (Fsp3) is 0.0500. The second kappa shape index (κ2) is 8.49. The molecule has 9 nitrogen and oxygen atoms in total. The van der Waals surface area contributed by atoms with Crippen LogP contribution in [0.15, 0.2) is 60.8 Å². The lowest BCUT2D eigenvalue weighted by molar-refractivity contribution is -0.384. The second-order valence-electron chi connectivity index (χ2n) is 5.81. The molecule has 2 amide bonds. The van der Waals surface area contributed by atoms with Gasteiger partial charge in [-0.3, -0.25) is 19.7 Å². The molecule has 3 aromatic rings. The number of terminal acetylenes is 1. The van der Waals surface area contributed by atoms with Crippen LogP contribution in [0.3, 0.4) is 0 Å². The zero-order chi connectivity index (χ0) is 20.8. The number of rotatable bonds is 6.